The topological polar surface area (TPSA) is 50.8 Å². The van der Waals surface area contributed by atoms with Crippen LogP contribution in [0.2, 0.25) is 0 Å². The second-order valence-electron chi connectivity index (χ2n) is 7.37. The summed E-state index contributed by atoms with van der Waals surface area (Å²) in [5.41, 5.74) is -0.533. The van der Waals surface area contributed by atoms with E-state index in [9.17, 15) is 4.79 Å². The van der Waals surface area contributed by atoms with Gasteiger partial charge in [0.15, 0.2) is 0 Å². The molecule has 0 heterocycles. The monoisotopic (exact) mass is 300 g/mol. The summed E-state index contributed by atoms with van der Waals surface area (Å²) in [7, 11) is 1.73. The molecule has 1 fully saturated rings. The SMILES string of the molecule is COC(C)(C)CCNCCN(C(=O)OC(C)(C)C)C1CC1. The van der Waals surface area contributed by atoms with Gasteiger partial charge in [0.2, 0.25) is 0 Å². The highest BCUT2D eigenvalue weighted by Crippen LogP contribution is 2.28. The molecule has 5 heteroatoms. The molecular formula is C16H32N2O3. The number of rotatable bonds is 8. The van der Waals surface area contributed by atoms with Crippen molar-refractivity contribution in [2.24, 2.45) is 0 Å². The van der Waals surface area contributed by atoms with Crippen LogP contribution in [0.25, 0.3) is 0 Å². The molecule has 5 nitrogen and oxygen atoms in total. The zero-order valence-electron chi connectivity index (χ0n) is 14.5. The van der Waals surface area contributed by atoms with Crippen LogP contribution < -0.4 is 5.32 Å². The van der Waals surface area contributed by atoms with Crippen molar-refractivity contribution in [3.05, 3.63) is 0 Å². The molecule has 0 saturated heterocycles. The summed E-state index contributed by atoms with van der Waals surface area (Å²) < 4.78 is 10.9. The Morgan fingerprint density at radius 3 is 2.29 bits per heavy atom. The fourth-order valence-corrected chi connectivity index (χ4v) is 1.95. The number of hydrogen-bond donors (Lipinski definition) is 1. The lowest BCUT2D eigenvalue weighted by Gasteiger charge is -2.28. The summed E-state index contributed by atoms with van der Waals surface area (Å²) in [6.45, 7) is 12.2. The number of carbonyl (C=O) groups excluding carboxylic acids is 1. The first kappa shape index (κ1) is 18.2. The Kier molecular flexibility index (Phi) is 6.47. The molecule has 0 radical (unpaired) electrons. The fourth-order valence-electron chi connectivity index (χ4n) is 1.95. The molecule has 0 aliphatic heterocycles. The number of amides is 1. The van der Waals surface area contributed by atoms with Gasteiger partial charge in [0.1, 0.15) is 5.60 Å². The molecule has 0 aromatic carbocycles. The van der Waals surface area contributed by atoms with Gasteiger partial charge < -0.3 is 19.7 Å². The van der Waals surface area contributed by atoms with Crippen LogP contribution in [-0.2, 0) is 9.47 Å². The number of methoxy groups -OCH3 is 1. The predicted molar refractivity (Wildman–Crippen MR) is 84.5 cm³/mol. The van der Waals surface area contributed by atoms with Crippen LogP contribution in [0.1, 0.15) is 53.9 Å². The number of nitrogens with one attached hydrogen (secondary N) is 1. The van der Waals surface area contributed by atoms with Crippen LogP contribution in [0.3, 0.4) is 0 Å². The normalized spacial score (nSPS) is 15.9. The van der Waals surface area contributed by atoms with Crippen LogP contribution >= 0.6 is 0 Å². The standard InChI is InChI=1S/C16H32N2O3/c1-15(2,3)21-14(19)18(13-7-8-13)12-11-17-10-9-16(4,5)20-6/h13,17H,7-12H2,1-6H3. The van der Waals surface area contributed by atoms with E-state index >= 15 is 0 Å². The molecule has 1 saturated carbocycles. The van der Waals surface area contributed by atoms with E-state index in [-0.39, 0.29) is 11.7 Å². The molecule has 21 heavy (non-hydrogen) atoms. The largest absolute Gasteiger partial charge is 0.444 e. The highest BCUT2D eigenvalue weighted by Gasteiger charge is 2.34. The minimum atomic E-state index is -0.430. The maximum Gasteiger partial charge on any atom is 0.410 e. The van der Waals surface area contributed by atoms with Gasteiger partial charge in [0.25, 0.3) is 0 Å². The number of carbonyl (C=O) groups is 1. The summed E-state index contributed by atoms with van der Waals surface area (Å²) >= 11 is 0. The zero-order valence-corrected chi connectivity index (χ0v) is 14.5. The Hall–Kier alpha value is -0.810. The summed E-state index contributed by atoms with van der Waals surface area (Å²) in [6.07, 6.45) is 2.94. The number of nitrogens with zero attached hydrogens (tertiary/aromatic N) is 1. The van der Waals surface area contributed by atoms with Gasteiger partial charge in [-0.15, -0.1) is 0 Å². The summed E-state index contributed by atoms with van der Waals surface area (Å²) in [5.74, 6) is 0. The van der Waals surface area contributed by atoms with E-state index in [1.54, 1.807) is 7.11 Å². The molecule has 1 aliphatic carbocycles. The maximum absolute atomic E-state index is 12.2. The van der Waals surface area contributed by atoms with Gasteiger partial charge in [-0.1, -0.05) is 0 Å². The number of hydrogen-bond acceptors (Lipinski definition) is 4. The van der Waals surface area contributed by atoms with Gasteiger partial charge in [-0.2, -0.15) is 0 Å². The predicted octanol–water partition coefficient (Wildman–Crippen LogP) is 2.79. The Labute approximate surface area is 129 Å². The van der Waals surface area contributed by atoms with Gasteiger partial charge in [0, 0.05) is 26.2 Å². The quantitative estimate of drug-likeness (QED) is 0.700. The Morgan fingerprint density at radius 2 is 1.81 bits per heavy atom. The van der Waals surface area contributed by atoms with Crippen molar-refractivity contribution in [2.45, 2.75) is 71.1 Å². The Balaban J connectivity index is 2.28. The molecule has 1 rings (SSSR count). The van der Waals surface area contributed by atoms with E-state index in [0.29, 0.717) is 12.6 Å². The van der Waals surface area contributed by atoms with Crippen LogP contribution in [-0.4, -0.2) is 55.0 Å². The third-order valence-corrected chi connectivity index (χ3v) is 3.60. The second kappa shape index (κ2) is 7.45. The fraction of sp³-hybridized carbons (Fsp3) is 0.938. The van der Waals surface area contributed by atoms with E-state index in [4.69, 9.17) is 9.47 Å². The van der Waals surface area contributed by atoms with Crippen LogP contribution in [0.15, 0.2) is 0 Å². The Morgan fingerprint density at radius 1 is 1.19 bits per heavy atom. The third-order valence-electron chi connectivity index (χ3n) is 3.60. The van der Waals surface area contributed by atoms with Crippen molar-refractivity contribution < 1.29 is 14.3 Å². The molecule has 0 unspecified atom stereocenters. The van der Waals surface area contributed by atoms with Crippen molar-refractivity contribution in [1.82, 2.24) is 10.2 Å². The van der Waals surface area contributed by atoms with Crippen LogP contribution in [0, 0.1) is 0 Å². The molecule has 0 atom stereocenters. The van der Waals surface area contributed by atoms with Crippen molar-refractivity contribution >= 4 is 6.09 Å². The minimum Gasteiger partial charge on any atom is -0.444 e. The molecule has 0 aromatic rings. The van der Waals surface area contributed by atoms with Gasteiger partial charge in [-0.3, -0.25) is 0 Å². The average Bonchev–Trinajstić information content (AvgIpc) is 3.15. The van der Waals surface area contributed by atoms with E-state index in [0.717, 1.165) is 32.4 Å². The molecule has 0 aromatic heterocycles. The lowest BCUT2D eigenvalue weighted by atomic mass is 10.1. The summed E-state index contributed by atoms with van der Waals surface area (Å²) in [6, 6.07) is 0.372. The van der Waals surface area contributed by atoms with Crippen molar-refractivity contribution in [1.29, 1.82) is 0 Å². The van der Waals surface area contributed by atoms with Gasteiger partial charge in [-0.25, -0.2) is 4.79 Å². The lowest BCUT2D eigenvalue weighted by Crippen LogP contribution is -2.42. The molecule has 0 bridgehead atoms. The van der Waals surface area contributed by atoms with Crippen LogP contribution in [0.4, 0.5) is 4.79 Å². The maximum atomic E-state index is 12.2. The second-order valence-corrected chi connectivity index (χ2v) is 7.37. The summed E-state index contributed by atoms with van der Waals surface area (Å²) in [4.78, 5) is 14.0. The first-order valence-electron chi connectivity index (χ1n) is 7.90. The van der Waals surface area contributed by atoms with Gasteiger partial charge in [0.05, 0.1) is 5.60 Å². The van der Waals surface area contributed by atoms with E-state index in [1.165, 1.54) is 0 Å². The molecule has 124 valence electrons. The first-order chi connectivity index (χ1) is 9.64. The summed E-state index contributed by atoms with van der Waals surface area (Å²) in [5, 5.41) is 3.38. The highest BCUT2D eigenvalue weighted by molar-refractivity contribution is 5.69. The molecular weight excluding hydrogens is 268 g/mol. The molecule has 1 aliphatic rings. The van der Waals surface area contributed by atoms with Crippen LogP contribution in [0.5, 0.6) is 0 Å². The number of ether oxygens (including phenoxy) is 2. The zero-order chi connectivity index (χ0) is 16.1. The van der Waals surface area contributed by atoms with Crippen molar-refractivity contribution in [3.63, 3.8) is 0 Å². The molecule has 0 spiro atoms. The average molecular weight is 300 g/mol. The minimum absolute atomic E-state index is 0.103. The highest BCUT2D eigenvalue weighted by atomic mass is 16.6. The first-order valence-corrected chi connectivity index (χ1v) is 7.90. The van der Waals surface area contributed by atoms with Gasteiger partial charge >= 0.3 is 6.09 Å². The molecule has 1 N–H and O–H groups in total. The van der Waals surface area contributed by atoms with Crippen molar-refractivity contribution in [3.8, 4) is 0 Å². The smallest absolute Gasteiger partial charge is 0.410 e. The van der Waals surface area contributed by atoms with E-state index < -0.39 is 5.60 Å². The van der Waals surface area contributed by atoms with E-state index in [1.807, 2.05) is 25.7 Å². The third kappa shape index (κ3) is 7.67. The Bertz CT molecular complexity index is 333. The molecule has 1 amide bonds. The van der Waals surface area contributed by atoms with Gasteiger partial charge in [-0.05, 0) is 60.4 Å². The lowest BCUT2D eigenvalue weighted by molar-refractivity contribution is 0.0147. The van der Waals surface area contributed by atoms with E-state index in [2.05, 4.69) is 19.2 Å². The van der Waals surface area contributed by atoms with Crippen molar-refractivity contribution in [2.75, 3.05) is 26.7 Å².